The predicted molar refractivity (Wildman–Crippen MR) is 125 cm³/mol. The molecule has 1 fully saturated rings. The fourth-order valence-corrected chi connectivity index (χ4v) is 3.26. The van der Waals surface area contributed by atoms with Crippen LogP contribution in [0.5, 0.6) is 0 Å². The van der Waals surface area contributed by atoms with Gasteiger partial charge < -0.3 is 25.2 Å². The number of benzene rings is 1. The van der Waals surface area contributed by atoms with Gasteiger partial charge in [-0.05, 0) is 36.8 Å². The maximum absolute atomic E-state index is 12.4. The van der Waals surface area contributed by atoms with E-state index < -0.39 is 5.97 Å². The van der Waals surface area contributed by atoms with Crippen molar-refractivity contribution < 1.29 is 19.1 Å². The molecule has 1 aromatic carbocycles. The zero-order chi connectivity index (χ0) is 23.5. The number of hydrogen-bond donors (Lipinski definition) is 2. The van der Waals surface area contributed by atoms with Gasteiger partial charge in [0.25, 0.3) is 0 Å². The molecular weight excluding hydrogens is 424 g/mol. The van der Waals surface area contributed by atoms with Crippen LogP contribution < -0.4 is 15.5 Å². The lowest BCUT2D eigenvalue weighted by molar-refractivity contribution is -0.137. The monoisotopic (exact) mass is 452 g/mol. The van der Waals surface area contributed by atoms with E-state index in [1.807, 2.05) is 4.90 Å². The summed E-state index contributed by atoms with van der Waals surface area (Å²) < 4.78 is 4.83. The van der Waals surface area contributed by atoms with Crippen LogP contribution in [-0.2, 0) is 14.3 Å². The number of ether oxygens (including phenoxy) is 1. The van der Waals surface area contributed by atoms with Gasteiger partial charge in [0.05, 0.1) is 6.61 Å². The highest BCUT2D eigenvalue weighted by Crippen LogP contribution is 2.12. The molecule has 0 unspecified atom stereocenters. The van der Waals surface area contributed by atoms with E-state index in [4.69, 9.17) is 4.74 Å². The molecule has 0 spiro atoms. The minimum absolute atomic E-state index is 0.00155. The van der Waals surface area contributed by atoms with Gasteiger partial charge in [-0.1, -0.05) is 12.1 Å². The van der Waals surface area contributed by atoms with Crippen LogP contribution in [0.4, 0.5) is 16.4 Å². The third kappa shape index (κ3) is 7.60. The number of anilines is 2. The smallest absolute Gasteiger partial charge is 0.330 e. The number of amides is 3. The average Bonchev–Trinajstić information content (AvgIpc) is 2.84. The minimum Gasteiger partial charge on any atom is -0.463 e. The Labute approximate surface area is 192 Å². The number of nitrogens with one attached hydrogen (secondary N) is 2. The zero-order valence-electron chi connectivity index (χ0n) is 18.6. The fourth-order valence-electron chi connectivity index (χ4n) is 3.26. The van der Waals surface area contributed by atoms with Crippen molar-refractivity contribution in [1.82, 2.24) is 20.2 Å². The van der Waals surface area contributed by atoms with Crippen LogP contribution in [0.15, 0.2) is 48.8 Å². The summed E-state index contributed by atoms with van der Waals surface area (Å²) in [7, 11) is 0. The van der Waals surface area contributed by atoms with Crippen molar-refractivity contribution in [3.8, 4) is 0 Å². The molecule has 3 rings (SSSR count). The van der Waals surface area contributed by atoms with Crippen LogP contribution in [0.2, 0.25) is 0 Å². The highest BCUT2D eigenvalue weighted by molar-refractivity contribution is 5.90. The van der Waals surface area contributed by atoms with E-state index in [-0.39, 0.29) is 24.9 Å². The van der Waals surface area contributed by atoms with Crippen molar-refractivity contribution >= 4 is 35.6 Å². The summed E-state index contributed by atoms with van der Waals surface area (Å²) in [6.07, 6.45) is 6.63. The van der Waals surface area contributed by atoms with Crippen molar-refractivity contribution in [2.75, 3.05) is 49.5 Å². The zero-order valence-corrected chi connectivity index (χ0v) is 18.6. The summed E-state index contributed by atoms with van der Waals surface area (Å²) >= 11 is 0. The normalized spacial score (nSPS) is 13.6. The van der Waals surface area contributed by atoms with E-state index in [2.05, 4.69) is 20.6 Å². The molecule has 174 valence electrons. The Hall–Kier alpha value is -3.95. The first kappa shape index (κ1) is 23.7. The highest BCUT2D eigenvalue weighted by Gasteiger charge is 2.22. The first-order valence-electron chi connectivity index (χ1n) is 10.8. The van der Waals surface area contributed by atoms with E-state index >= 15 is 0 Å². The Kier molecular flexibility index (Phi) is 8.75. The second-order valence-corrected chi connectivity index (χ2v) is 7.25. The van der Waals surface area contributed by atoms with Crippen molar-refractivity contribution in [3.63, 3.8) is 0 Å². The van der Waals surface area contributed by atoms with Crippen LogP contribution in [-0.4, -0.2) is 72.1 Å². The number of aromatic nitrogens is 2. The van der Waals surface area contributed by atoms with Crippen LogP contribution in [0.25, 0.3) is 6.08 Å². The number of nitrogens with zero attached hydrogens (tertiary/aromatic N) is 4. The molecule has 0 saturated carbocycles. The molecule has 10 nitrogen and oxygen atoms in total. The Balaban J connectivity index is 1.35. The second kappa shape index (κ2) is 12.2. The SMILES string of the molecule is CCOC(=O)/C=C/c1ccc(NC(=O)NCCC(=O)N2CCN(c3ncccn3)CC2)cc1. The molecule has 33 heavy (non-hydrogen) atoms. The molecule has 1 aliphatic heterocycles. The fraction of sp³-hybridized carbons (Fsp3) is 0.348. The van der Waals surface area contributed by atoms with Gasteiger partial charge in [0.2, 0.25) is 11.9 Å². The molecule has 3 amide bonds. The standard InChI is InChI=1S/C23H28N6O4/c1-2-33-21(31)9-6-18-4-7-19(8-5-18)27-23(32)26-13-10-20(30)28-14-16-29(17-15-28)22-24-11-3-12-25-22/h3-9,11-12H,2,10,13-17H2,1H3,(H2,26,27,32)/b9-6+. The Morgan fingerprint density at radius 1 is 1.06 bits per heavy atom. The molecule has 1 saturated heterocycles. The summed E-state index contributed by atoms with van der Waals surface area (Å²) in [5.41, 5.74) is 1.41. The second-order valence-electron chi connectivity index (χ2n) is 7.25. The third-order valence-electron chi connectivity index (χ3n) is 4.96. The summed E-state index contributed by atoms with van der Waals surface area (Å²) in [5, 5.41) is 5.42. The summed E-state index contributed by atoms with van der Waals surface area (Å²) in [6, 6.07) is 8.39. The summed E-state index contributed by atoms with van der Waals surface area (Å²) in [6.45, 7) is 4.86. The number of carbonyl (C=O) groups is 3. The molecule has 0 atom stereocenters. The summed E-state index contributed by atoms with van der Waals surface area (Å²) in [4.78, 5) is 48.2. The van der Waals surface area contributed by atoms with Gasteiger partial charge in [-0.15, -0.1) is 0 Å². The van der Waals surface area contributed by atoms with Gasteiger partial charge in [-0.2, -0.15) is 0 Å². The van der Waals surface area contributed by atoms with E-state index in [1.165, 1.54) is 6.08 Å². The van der Waals surface area contributed by atoms with E-state index in [1.54, 1.807) is 60.6 Å². The highest BCUT2D eigenvalue weighted by atomic mass is 16.5. The number of carbonyl (C=O) groups excluding carboxylic acids is 3. The number of piperazine rings is 1. The molecule has 2 N–H and O–H groups in total. The van der Waals surface area contributed by atoms with Crippen molar-refractivity contribution in [2.24, 2.45) is 0 Å². The number of hydrogen-bond acceptors (Lipinski definition) is 7. The quantitative estimate of drug-likeness (QED) is 0.464. The van der Waals surface area contributed by atoms with Crippen LogP contribution in [0.1, 0.15) is 18.9 Å². The lowest BCUT2D eigenvalue weighted by Gasteiger charge is -2.34. The van der Waals surface area contributed by atoms with Crippen molar-refractivity contribution in [3.05, 3.63) is 54.4 Å². The first-order chi connectivity index (χ1) is 16.0. The summed E-state index contributed by atoms with van der Waals surface area (Å²) in [5.74, 6) is 0.272. The maximum atomic E-state index is 12.4. The number of rotatable bonds is 8. The first-order valence-corrected chi connectivity index (χ1v) is 10.8. The largest absolute Gasteiger partial charge is 0.463 e. The van der Waals surface area contributed by atoms with Gasteiger partial charge >= 0.3 is 12.0 Å². The predicted octanol–water partition coefficient (Wildman–Crippen LogP) is 1.91. The molecule has 1 aliphatic rings. The molecule has 1 aromatic heterocycles. The van der Waals surface area contributed by atoms with Gasteiger partial charge in [-0.25, -0.2) is 19.6 Å². The lowest BCUT2D eigenvalue weighted by Crippen LogP contribution is -2.49. The molecular formula is C23H28N6O4. The topological polar surface area (TPSA) is 117 Å². The Morgan fingerprint density at radius 3 is 2.42 bits per heavy atom. The van der Waals surface area contributed by atoms with E-state index in [9.17, 15) is 14.4 Å². The van der Waals surface area contributed by atoms with Gasteiger partial charge in [0.15, 0.2) is 0 Å². The minimum atomic E-state index is -0.402. The van der Waals surface area contributed by atoms with E-state index in [0.29, 0.717) is 44.4 Å². The molecule has 0 radical (unpaired) electrons. The van der Waals surface area contributed by atoms with Crippen molar-refractivity contribution in [2.45, 2.75) is 13.3 Å². The molecule has 0 aliphatic carbocycles. The Bertz CT molecular complexity index is 957. The molecule has 2 aromatic rings. The molecule has 0 bridgehead atoms. The van der Waals surface area contributed by atoms with Gasteiger partial charge in [-0.3, -0.25) is 4.79 Å². The van der Waals surface area contributed by atoms with Gasteiger partial charge in [0.1, 0.15) is 0 Å². The van der Waals surface area contributed by atoms with Crippen LogP contribution in [0.3, 0.4) is 0 Å². The van der Waals surface area contributed by atoms with Crippen LogP contribution >= 0.6 is 0 Å². The number of urea groups is 1. The van der Waals surface area contributed by atoms with E-state index in [0.717, 1.165) is 5.56 Å². The lowest BCUT2D eigenvalue weighted by atomic mass is 10.2. The number of esters is 1. The maximum Gasteiger partial charge on any atom is 0.330 e. The Morgan fingerprint density at radius 2 is 1.76 bits per heavy atom. The third-order valence-corrected chi connectivity index (χ3v) is 4.96. The van der Waals surface area contributed by atoms with Gasteiger partial charge in [0, 0.05) is 63.3 Å². The molecule has 10 heteroatoms. The van der Waals surface area contributed by atoms with Crippen LogP contribution in [0, 0.1) is 0 Å². The molecule has 2 heterocycles. The average molecular weight is 453 g/mol. The van der Waals surface area contributed by atoms with Crippen molar-refractivity contribution in [1.29, 1.82) is 0 Å².